The van der Waals surface area contributed by atoms with Gasteiger partial charge >= 0.3 is 6.18 Å². The average Bonchev–Trinajstić information content (AvgIpc) is 2.89. The number of carbonyl (C=O) groups is 2. The number of anilines is 1. The van der Waals surface area contributed by atoms with Gasteiger partial charge in [0.05, 0.1) is 32.0 Å². The Hall–Kier alpha value is -2.88. The molecule has 0 radical (unpaired) electrons. The summed E-state index contributed by atoms with van der Waals surface area (Å²) in [6.07, 6.45) is -4.52. The Bertz CT molecular complexity index is 1420. The van der Waals surface area contributed by atoms with Crippen molar-refractivity contribution in [3.05, 3.63) is 93.5 Å². The Morgan fingerprint density at radius 2 is 1.59 bits per heavy atom. The molecule has 11 heteroatoms. The summed E-state index contributed by atoms with van der Waals surface area (Å²) in [5.74, 6) is -1.27. The zero-order chi connectivity index (χ0) is 28.5. The molecule has 0 saturated carbocycles. The minimum Gasteiger partial charge on any atom is -0.365 e. The van der Waals surface area contributed by atoms with Gasteiger partial charge in [0.15, 0.2) is 5.78 Å². The molecule has 1 amide bonds. The van der Waals surface area contributed by atoms with Crippen molar-refractivity contribution in [3.63, 3.8) is 0 Å². The van der Waals surface area contributed by atoms with Crippen LogP contribution in [0.15, 0.2) is 71.6 Å². The first-order valence-corrected chi connectivity index (χ1v) is 14.2. The summed E-state index contributed by atoms with van der Waals surface area (Å²) in [6.45, 7) is 5.10. The molecule has 0 N–H and O–H groups in total. The van der Waals surface area contributed by atoms with E-state index in [0.29, 0.717) is 23.7 Å². The van der Waals surface area contributed by atoms with Crippen molar-refractivity contribution >= 4 is 51.4 Å². The summed E-state index contributed by atoms with van der Waals surface area (Å²) in [6, 6.07) is 15.6. The smallest absolute Gasteiger partial charge is 0.365 e. The molecule has 3 aromatic rings. The van der Waals surface area contributed by atoms with E-state index in [4.69, 9.17) is 23.2 Å². The monoisotopic (exact) mass is 596 g/mol. The molecule has 1 aliphatic rings. The number of hydrogen-bond donors (Lipinski definition) is 0. The van der Waals surface area contributed by atoms with Gasteiger partial charge in [0.1, 0.15) is 0 Å². The van der Waals surface area contributed by atoms with Crippen molar-refractivity contribution < 1.29 is 27.0 Å². The SMILES string of the molecule is CC1[C@H](C)N(C(=O)c2ccc(S(=O)CC(=O)c3ccc(C(F)(F)F)cc3)c(Cl)c2)CCN1c1cccc(Cl)c1. The summed E-state index contributed by atoms with van der Waals surface area (Å²) >= 11 is 12.5. The third-order valence-corrected chi connectivity index (χ3v) is 8.92. The lowest BCUT2D eigenvalue weighted by molar-refractivity contribution is -0.137. The van der Waals surface area contributed by atoms with Gasteiger partial charge in [0.25, 0.3) is 5.91 Å². The summed E-state index contributed by atoms with van der Waals surface area (Å²) in [5, 5.41) is 0.705. The zero-order valence-electron chi connectivity index (χ0n) is 21.0. The van der Waals surface area contributed by atoms with Crippen LogP contribution >= 0.6 is 23.2 Å². The normalized spacial score (nSPS) is 18.6. The fourth-order valence-electron chi connectivity index (χ4n) is 4.56. The summed E-state index contributed by atoms with van der Waals surface area (Å²) in [4.78, 5) is 30.0. The minimum absolute atomic E-state index is 0.0132. The van der Waals surface area contributed by atoms with Crippen LogP contribution in [-0.4, -0.2) is 51.7 Å². The maximum absolute atomic E-state index is 13.4. The number of ketones is 1. The van der Waals surface area contributed by atoms with Gasteiger partial charge in [-0.3, -0.25) is 13.8 Å². The van der Waals surface area contributed by atoms with Crippen LogP contribution in [0.1, 0.15) is 40.1 Å². The van der Waals surface area contributed by atoms with Gasteiger partial charge in [0.2, 0.25) is 0 Å². The maximum Gasteiger partial charge on any atom is 0.416 e. The first-order valence-electron chi connectivity index (χ1n) is 12.1. The fourth-order valence-corrected chi connectivity index (χ4v) is 6.24. The standard InChI is InChI=1S/C28H25Cl2F3N2O3S/c1-17-18(2)35(13-12-34(17)23-5-3-4-22(29)15-23)27(37)20-8-11-26(24(30)14-20)39(38)16-25(36)19-6-9-21(10-7-19)28(31,32)33/h3-11,14-15,17-18H,12-13,16H2,1-2H3/t17?,18-,39?/m0/s1. The zero-order valence-corrected chi connectivity index (χ0v) is 23.4. The van der Waals surface area contributed by atoms with Crippen molar-refractivity contribution in [1.29, 1.82) is 0 Å². The van der Waals surface area contributed by atoms with E-state index in [0.717, 1.165) is 30.0 Å². The Morgan fingerprint density at radius 3 is 2.21 bits per heavy atom. The quantitative estimate of drug-likeness (QED) is 0.296. The number of rotatable bonds is 6. The molecule has 0 aliphatic carbocycles. The molecule has 3 atom stereocenters. The van der Waals surface area contributed by atoms with E-state index in [-0.39, 0.29) is 33.5 Å². The van der Waals surface area contributed by atoms with Crippen LogP contribution < -0.4 is 4.90 Å². The van der Waals surface area contributed by atoms with Crippen LogP contribution in [-0.2, 0) is 17.0 Å². The van der Waals surface area contributed by atoms with Gasteiger partial charge in [0, 0.05) is 47.0 Å². The highest BCUT2D eigenvalue weighted by Crippen LogP contribution is 2.30. The van der Waals surface area contributed by atoms with Crippen LogP contribution in [0.4, 0.5) is 18.9 Å². The number of halogens is 5. The van der Waals surface area contributed by atoms with Gasteiger partial charge in [-0.2, -0.15) is 13.2 Å². The molecule has 39 heavy (non-hydrogen) atoms. The van der Waals surface area contributed by atoms with E-state index in [2.05, 4.69) is 4.90 Å². The van der Waals surface area contributed by atoms with E-state index in [9.17, 15) is 27.0 Å². The van der Waals surface area contributed by atoms with E-state index in [1.807, 2.05) is 38.1 Å². The molecule has 5 nitrogen and oxygen atoms in total. The second kappa shape index (κ2) is 11.7. The molecule has 3 aromatic carbocycles. The lowest BCUT2D eigenvalue weighted by Crippen LogP contribution is -2.59. The molecule has 1 aliphatic heterocycles. The van der Waals surface area contributed by atoms with Gasteiger partial charge in [-0.05, 0) is 62.4 Å². The molecular formula is C28H25Cl2F3N2O3S. The molecule has 0 bridgehead atoms. The molecule has 4 rings (SSSR count). The van der Waals surface area contributed by atoms with Gasteiger partial charge < -0.3 is 9.80 Å². The number of piperazine rings is 1. The molecule has 2 unspecified atom stereocenters. The fraction of sp³-hybridized carbons (Fsp3) is 0.286. The average molecular weight is 597 g/mol. The predicted molar refractivity (Wildman–Crippen MR) is 147 cm³/mol. The van der Waals surface area contributed by atoms with Crippen molar-refractivity contribution in [2.75, 3.05) is 23.7 Å². The second-order valence-electron chi connectivity index (χ2n) is 9.29. The second-order valence-corrected chi connectivity index (χ2v) is 11.5. The van der Waals surface area contributed by atoms with Crippen LogP contribution in [0.2, 0.25) is 10.0 Å². The Balaban J connectivity index is 1.43. The Kier molecular flexibility index (Phi) is 8.73. The van der Waals surface area contributed by atoms with Crippen LogP contribution in [0.3, 0.4) is 0 Å². The van der Waals surface area contributed by atoms with E-state index in [1.54, 1.807) is 4.90 Å². The highest BCUT2D eigenvalue weighted by atomic mass is 35.5. The minimum atomic E-state index is -4.52. The highest BCUT2D eigenvalue weighted by molar-refractivity contribution is 7.86. The van der Waals surface area contributed by atoms with Crippen molar-refractivity contribution in [3.8, 4) is 0 Å². The number of alkyl halides is 3. The lowest BCUT2D eigenvalue weighted by Gasteiger charge is -2.46. The molecule has 1 fully saturated rings. The molecular weight excluding hydrogens is 572 g/mol. The molecule has 0 aromatic heterocycles. The highest BCUT2D eigenvalue weighted by Gasteiger charge is 2.34. The maximum atomic E-state index is 13.4. The number of amides is 1. The number of benzene rings is 3. The molecule has 1 saturated heterocycles. The summed E-state index contributed by atoms with van der Waals surface area (Å²) in [7, 11) is -1.86. The number of hydrogen-bond acceptors (Lipinski definition) is 4. The van der Waals surface area contributed by atoms with Crippen LogP contribution in [0.25, 0.3) is 0 Å². The van der Waals surface area contributed by atoms with Crippen molar-refractivity contribution in [2.24, 2.45) is 0 Å². The summed E-state index contributed by atoms with van der Waals surface area (Å²) in [5.41, 5.74) is 0.442. The van der Waals surface area contributed by atoms with Gasteiger partial charge in [-0.25, -0.2) is 0 Å². The van der Waals surface area contributed by atoms with Gasteiger partial charge in [-0.15, -0.1) is 0 Å². The number of nitrogens with zero attached hydrogens (tertiary/aromatic N) is 2. The Labute approximate surface area is 237 Å². The molecule has 1 heterocycles. The van der Waals surface area contributed by atoms with Gasteiger partial charge in [-0.1, -0.05) is 41.4 Å². The van der Waals surface area contributed by atoms with Crippen molar-refractivity contribution in [1.82, 2.24) is 4.90 Å². The van der Waals surface area contributed by atoms with Crippen LogP contribution in [0, 0.1) is 0 Å². The first-order chi connectivity index (χ1) is 18.4. The number of Topliss-reactive ketones (excluding diaryl/α,β-unsaturated/α-hetero) is 1. The number of carbonyl (C=O) groups excluding carboxylic acids is 2. The van der Waals surface area contributed by atoms with Crippen LogP contribution in [0.5, 0.6) is 0 Å². The largest absolute Gasteiger partial charge is 0.416 e. The molecule has 0 spiro atoms. The van der Waals surface area contributed by atoms with Crippen molar-refractivity contribution in [2.45, 2.75) is 37.0 Å². The third kappa shape index (κ3) is 6.48. The molecule has 206 valence electrons. The topological polar surface area (TPSA) is 57.7 Å². The Morgan fingerprint density at radius 1 is 0.923 bits per heavy atom. The third-order valence-electron chi connectivity index (χ3n) is 6.88. The lowest BCUT2D eigenvalue weighted by atomic mass is 10.0. The van der Waals surface area contributed by atoms with E-state index >= 15 is 0 Å². The first kappa shape index (κ1) is 29.1. The van der Waals surface area contributed by atoms with E-state index < -0.39 is 34.1 Å². The summed E-state index contributed by atoms with van der Waals surface area (Å²) < 4.78 is 51.2. The predicted octanol–water partition coefficient (Wildman–Crippen LogP) is 6.74. The van der Waals surface area contributed by atoms with E-state index in [1.165, 1.54) is 18.2 Å².